The molecule has 0 nitrogen and oxygen atoms in total. The van der Waals surface area contributed by atoms with E-state index in [0.29, 0.717) is 0 Å². The molecule has 0 aliphatic heterocycles. The first kappa shape index (κ1) is 17.4. The predicted octanol–water partition coefficient (Wildman–Crippen LogP) is 6.17. The molecule has 0 heterocycles. The van der Waals surface area contributed by atoms with E-state index in [1.54, 1.807) is 12.1 Å². The van der Waals surface area contributed by atoms with Crippen LogP contribution in [0.5, 0.6) is 0 Å². The first-order valence-corrected chi connectivity index (χ1v) is 7.58. The molecule has 0 aliphatic rings. The van der Waals surface area contributed by atoms with Crippen LogP contribution >= 0.6 is 0 Å². The monoisotopic (exact) mass is 328 g/mol. The minimum Gasteiger partial charge on any atom is -0.203 e. The Morgan fingerprint density at radius 1 is 0.652 bits per heavy atom. The Bertz CT molecular complexity index is 648. The number of hydrogen-bond donors (Lipinski definition) is 0. The lowest BCUT2D eigenvalue weighted by atomic mass is 10.00. The zero-order valence-corrected chi connectivity index (χ0v) is 12.7. The van der Waals surface area contributed by atoms with E-state index in [-0.39, 0.29) is 5.56 Å². The van der Waals surface area contributed by atoms with Gasteiger partial charge in [-0.15, -0.1) is 0 Å². The van der Waals surface area contributed by atoms with Crippen LogP contribution in [0, 0.1) is 29.1 Å². The van der Waals surface area contributed by atoms with Gasteiger partial charge in [0.15, 0.2) is 23.3 Å². The fourth-order valence-corrected chi connectivity index (χ4v) is 2.45. The molecular formula is C18H17F5. The zero-order valence-electron chi connectivity index (χ0n) is 12.7. The van der Waals surface area contributed by atoms with E-state index in [1.165, 1.54) is 12.1 Å². The molecule has 0 bridgehead atoms. The standard InChI is InChI=1S/C18H17F5/c1-2-3-4-5-6-11-7-9-12(10-8-11)13-14(19)16(21)18(23)17(22)15(13)20/h7-10H,2-6H2,1H3. The first-order chi connectivity index (χ1) is 11.0. The maximum atomic E-state index is 13.8. The van der Waals surface area contributed by atoms with Crippen molar-refractivity contribution in [2.45, 2.75) is 39.0 Å². The SMILES string of the molecule is CCCCCCc1ccc(-c2c(F)c(F)c(F)c(F)c2F)cc1. The van der Waals surface area contributed by atoms with Crippen molar-refractivity contribution < 1.29 is 22.0 Å². The van der Waals surface area contributed by atoms with E-state index in [0.717, 1.165) is 37.7 Å². The Kier molecular flexibility index (Phi) is 5.74. The molecule has 0 fully saturated rings. The summed E-state index contributed by atoms with van der Waals surface area (Å²) in [4.78, 5) is 0. The highest BCUT2D eigenvalue weighted by molar-refractivity contribution is 5.65. The maximum absolute atomic E-state index is 13.8. The van der Waals surface area contributed by atoms with Gasteiger partial charge in [-0.3, -0.25) is 0 Å². The second-order valence-electron chi connectivity index (χ2n) is 5.45. The van der Waals surface area contributed by atoms with Gasteiger partial charge >= 0.3 is 0 Å². The number of halogens is 5. The summed E-state index contributed by atoms with van der Waals surface area (Å²) in [7, 11) is 0. The molecule has 0 spiro atoms. The van der Waals surface area contributed by atoms with E-state index in [2.05, 4.69) is 6.92 Å². The number of rotatable bonds is 6. The summed E-state index contributed by atoms with van der Waals surface area (Å²) in [6.07, 6.45) is 5.17. The van der Waals surface area contributed by atoms with E-state index >= 15 is 0 Å². The average Bonchev–Trinajstić information content (AvgIpc) is 2.56. The molecule has 0 aliphatic carbocycles. The predicted molar refractivity (Wildman–Crippen MR) is 79.5 cm³/mol. The number of aryl methyl sites for hydroxylation is 1. The van der Waals surface area contributed by atoms with Crippen molar-refractivity contribution in [3.8, 4) is 11.1 Å². The summed E-state index contributed by atoms with van der Waals surface area (Å²) in [6.45, 7) is 2.11. The van der Waals surface area contributed by atoms with Crippen molar-refractivity contribution >= 4 is 0 Å². The van der Waals surface area contributed by atoms with Crippen LogP contribution in [0.1, 0.15) is 38.2 Å². The summed E-state index contributed by atoms with van der Waals surface area (Å²) in [5.74, 6) is -9.62. The molecule has 124 valence electrons. The van der Waals surface area contributed by atoms with Crippen molar-refractivity contribution in [2.75, 3.05) is 0 Å². The molecule has 2 aromatic carbocycles. The molecular weight excluding hydrogens is 311 g/mol. The third kappa shape index (κ3) is 3.71. The number of unbranched alkanes of at least 4 members (excludes halogenated alkanes) is 3. The summed E-state index contributed by atoms with van der Waals surface area (Å²) in [5.41, 5.74) is 0.0442. The smallest absolute Gasteiger partial charge is 0.200 e. The van der Waals surface area contributed by atoms with Gasteiger partial charge < -0.3 is 0 Å². The fourth-order valence-electron chi connectivity index (χ4n) is 2.45. The van der Waals surface area contributed by atoms with Crippen LogP contribution in [0.15, 0.2) is 24.3 Å². The minimum absolute atomic E-state index is 0.0323. The first-order valence-electron chi connectivity index (χ1n) is 7.58. The van der Waals surface area contributed by atoms with Crippen molar-refractivity contribution in [3.63, 3.8) is 0 Å². The second-order valence-corrected chi connectivity index (χ2v) is 5.45. The van der Waals surface area contributed by atoms with Gasteiger partial charge in [0, 0.05) is 0 Å². The molecule has 2 rings (SSSR count). The molecule has 0 saturated heterocycles. The van der Waals surface area contributed by atoms with E-state index in [1.807, 2.05) is 0 Å². The summed E-state index contributed by atoms with van der Waals surface area (Å²) in [5, 5.41) is 0. The van der Waals surface area contributed by atoms with Crippen molar-refractivity contribution in [1.82, 2.24) is 0 Å². The average molecular weight is 328 g/mol. The highest BCUT2D eigenvalue weighted by Crippen LogP contribution is 2.31. The maximum Gasteiger partial charge on any atom is 0.200 e. The lowest BCUT2D eigenvalue weighted by Gasteiger charge is -2.09. The van der Waals surface area contributed by atoms with Gasteiger partial charge in [-0.1, -0.05) is 50.5 Å². The molecule has 5 heteroatoms. The largest absolute Gasteiger partial charge is 0.203 e. The fraction of sp³-hybridized carbons (Fsp3) is 0.333. The molecule has 0 aromatic heterocycles. The second kappa shape index (κ2) is 7.57. The Hall–Kier alpha value is -1.91. The van der Waals surface area contributed by atoms with Crippen molar-refractivity contribution in [2.24, 2.45) is 0 Å². The van der Waals surface area contributed by atoms with E-state index < -0.39 is 34.6 Å². The third-order valence-electron chi connectivity index (χ3n) is 3.77. The van der Waals surface area contributed by atoms with Gasteiger partial charge in [-0.2, -0.15) is 0 Å². The number of hydrogen-bond acceptors (Lipinski definition) is 0. The minimum atomic E-state index is -2.14. The van der Waals surface area contributed by atoms with Crippen molar-refractivity contribution in [1.29, 1.82) is 0 Å². The molecule has 0 unspecified atom stereocenters. The topological polar surface area (TPSA) is 0 Å². The molecule has 23 heavy (non-hydrogen) atoms. The van der Waals surface area contributed by atoms with Gasteiger partial charge in [-0.25, -0.2) is 22.0 Å². The highest BCUT2D eigenvalue weighted by atomic mass is 19.2. The van der Waals surface area contributed by atoms with Gasteiger partial charge in [0.2, 0.25) is 5.82 Å². The van der Waals surface area contributed by atoms with E-state index in [9.17, 15) is 22.0 Å². The Morgan fingerprint density at radius 3 is 1.70 bits per heavy atom. The quantitative estimate of drug-likeness (QED) is 0.257. The summed E-state index contributed by atoms with van der Waals surface area (Å²) < 4.78 is 67.1. The third-order valence-corrected chi connectivity index (χ3v) is 3.77. The Morgan fingerprint density at radius 2 is 1.17 bits per heavy atom. The van der Waals surface area contributed by atoms with Gasteiger partial charge in [0.1, 0.15) is 0 Å². The van der Waals surface area contributed by atoms with Crippen LogP contribution in [0.4, 0.5) is 22.0 Å². The van der Waals surface area contributed by atoms with Crippen LogP contribution in [-0.2, 0) is 6.42 Å². The number of benzene rings is 2. The molecule has 0 saturated carbocycles. The zero-order chi connectivity index (χ0) is 17.0. The van der Waals surface area contributed by atoms with Crippen LogP contribution in [0.2, 0.25) is 0 Å². The van der Waals surface area contributed by atoms with Gasteiger partial charge in [-0.05, 0) is 24.0 Å². The van der Waals surface area contributed by atoms with Crippen molar-refractivity contribution in [3.05, 3.63) is 58.9 Å². The Balaban J connectivity index is 2.26. The van der Waals surface area contributed by atoms with Crippen LogP contribution in [0.25, 0.3) is 11.1 Å². The summed E-state index contributed by atoms with van der Waals surface area (Å²) in [6, 6.07) is 6.07. The lowest BCUT2D eigenvalue weighted by molar-refractivity contribution is 0.381. The Labute approximate surface area is 132 Å². The normalized spacial score (nSPS) is 11.0. The lowest BCUT2D eigenvalue weighted by Crippen LogP contribution is -2.04. The van der Waals surface area contributed by atoms with E-state index in [4.69, 9.17) is 0 Å². The molecule has 2 aromatic rings. The van der Waals surface area contributed by atoms with Gasteiger partial charge in [0.25, 0.3) is 0 Å². The molecule has 0 N–H and O–H groups in total. The molecule has 0 radical (unpaired) electrons. The summed E-state index contributed by atoms with van der Waals surface area (Å²) >= 11 is 0. The highest BCUT2D eigenvalue weighted by Gasteiger charge is 2.26. The van der Waals surface area contributed by atoms with Crippen LogP contribution < -0.4 is 0 Å². The van der Waals surface area contributed by atoms with Crippen LogP contribution in [-0.4, -0.2) is 0 Å². The molecule has 0 atom stereocenters. The van der Waals surface area contributed by atoms with Crippen LogP contribution in [0.3, 0.4) is 0 Å². The molecule has 0 amide bonds. The van der Waals surface area contributed by atoms with Gasteiger partial charge in [0.05, 0.1) is 5.56 Å².